The van der Waals surface area contributed by atoms with E-state index in [0.717, 1.165) is 25.3 Å². The van der Waals surface area contributed by atoms with E-state index in [-0.39, 0.29) is 16.7 Å². The average Bonchev–Trinajstić information content (AvgIpc) is 2.94. The van der Waals surface area contributed by atoms with Crippen molar-refractivity contribution in [2.75, 3.05) is 11.9 Å². The molecule has 1 aliphatic rings. The fourth-order valence-corrected chi connectivity index (χ4v) is 3.04. The van der Waals surface area contributed by atoms with Crippen molar-refractivity contribution in [2.45, 2.75) is 39.0 Å². The molecule has 0 radical (unpaired) electrons. The fourth-order valence-electron chi connectivity index (χ4n) is 3.04. The van der Waals surface area contributed by atoms with Gasteiger partial charge in [0.05, 0.1) is 10.5 Å². The Morgan fingerprint density at radius 1 is 1.43 bits per heavy atom. The molecule has 21 heavy (non-hydrogen) atoms. The number of nitro groups is 1. The number of hydrogen-bond acceptors (Lipinski definition) is 4. The number of nitro benzene ring substituents is 1. The molecule has 2 N–H and O–H groups in total. The van der Waals surface area contributed by atoms with Gasteiger partial charge < -0.3 is 10.4 Å². The molecule has 0 amide bonds. The molecule has 1 saturated carbocycles. The number of benzene rings is 1. The summed E-state index contributed by atoms with van der Waals surface area (Å²) >= 11 is 0. The molecule has 1 aromatic rings. The maximum Gasteiger partial charge on any atom is 0.338 e. The van der Waals surface area contributed by atoms with E-state index < -0.39 is 10.9 Å². The summed E-state index contributed by atoms with van der Waals surface area (Å²) in [6, 6.07) is 3.93. The largest absolute Gasteiger partial charge is 0.478 e. The highest BCUT2D eigenvalue weighted by atomic mass is 16.6. The van der Waals surface area contributed by atoms with E-state index in [2.05, 4.69) is 12.2 Å². The second kappa shape index (κ2) is 6.11. The average molecular weight is 292 g/mol. The number of rotatable bonds is 6. The van der Waals surface area contributed by atoms with Crippen molar-refractivity contribution in [1.29, 1.82) is 0 Å². The molecule has 1 aliphatic carbocycles. The standard InChI is InChI=1S/C15H20N2O4/c1-2-15(7-3-4-8-15)10-16-13-6-5-11(17(20)21)9-12(13)14(18)19/h5-6,9,16H,2-4,7-8,10H2,1H3,(H,18,19). The molecule has 0 aromatic heterocycles. The molecule has 1 fully saturated rings. The lowest BCUT2D eigenvalue weighted by atomic mass is 9.83. The van der Waals surface area contributed by atoms with Crippen LogP contribution in [0.25, 0.3) is 0 Å². The van der Waals surface area contributed by atoms with Crippen LogP contribution >= 0.6 is 0 Å². The third-order valence-electron chi connectivity index (χ3n) is 4.51. The number of aromatic carboxylic acids is 1. The fraction of sp³-hybridized carbons (Fsp3) is 0.533. The van der Waals surface area contributed by atoms with E-state index >= 15 is 0 Å². The first-order valence-electron chi connectivity index (χ1n) is 7.23. The van der Waals surface area contributed by atoms with Crippen molar-refractivity contribution in [3.8, 4) is 0 Å². The Morgan fingerprint density at radius 3 is 2.62 bits per heavy atom. The van der Waals surface area contributed by atoms with Crippen LogP contribution in [0.1, 0.15) is 49.4 Å². The highest BCUT2D eigenvalue weighted by Crippen LogP contribution is 2.41. The van der Waals surface area contributed by atoms with Crippen molar-refractivity contribution in [3.05, 3.63) is 33.9 Å². The lowest BCUT2D eigenvalue weighted by Gasteiger charge is -2.28. The second-order valence-corrected chi connectivity index (χ2v) is 5.71. The van der Waals surface area contributed by atoms with Gasteiger partial charge in [-0.2, -0.15) is 0 Å². The van der Waals surface area contributed by atoms with Crippen molar-refractivity contribution in [2.24, 2.45) is 5.41 Å². The van der Waals surface area contributed by atoms with Crippen LogP contribution in [0.4, 0.5) is 11.4 Å². The number of non-ortho nitro benzene ring substituents is 1. The molecule has 2 rings (SSSR count). The van der Waals surface area contributed by atoms with Gasteiger partial charge >= 0.3 is 5.97 Å². The molecule has 0 atom stereocenters. The first-order valence-corrected chi connectivity index (χ1v) is 7.23. The molecule has 0 bridgehead atoms. The van der Waals surface area contributed by atoms with Crippen LogP contribution in [-0.4, -0.2) is 22.5 Å². The topological polar surface area (TPSA) is 92.5 Å². The summed E-state index contributed by atoms with van der Waals surface area (Å²) in [4.78, 5) is 21.4. The van der Waals surface area contributed by atoms with Gasteiger partial charge in [-0.1, -0.05) is 19.8 Å². The molecular formula is C15H20N2O4. The number of anilines is 1. The Kier molecular flexibility index (Phi) is 4.45. The van der Waals surface area contributed by atoms with Gasteiger partial charge in [0.1, 0.15) is 0 Å². The third-order valence-corrected chi connectivity index (χ3v) is 4.51. The third kappa shape index (κ3) is 3.32. The van der Waals surface area contributed by atoms with Crippen molar-refractivity contribution in [1.82, 2.24) is 0 Å². The Labute approximate surface area is 123 Å². The molecule has 0 unspecified atom stereocenters. The van der Waals surface area contributed by atoms with Gasteiger partial charge in [-0.05, 0) is 30.7 Å². The highest BCUT2D eigenvalue weighted by Gasteiger charge is 2.32. The van der Waals surface area contributed by atoms with E-state index in [9.17, 15) is 20.0 Å². The van der Waals surface area contributed by atoms with Crippen molar-refractivity contribution >= 4 is 17.3 Å². The number of carboxylic acids is 1. The minimum Gasteiger partial charge on any atom is -0.478 e. The number of nitrogens with zero attached hydrogens (tertiary/aromatic N) is 1. The molecule has 0 spiro atoms. The molecule has 0 aliphatic heterocycles. The summed E-state index contributed by atoms with van der Waals surface area (Å²) in [5.41, 5.74) is 0.419. The van der Waals surface area contributed by atoms with Gasteiger partial charge in [0, 0.05) is 24.4 Å². The minimum absolute atomic E-state index is 0.0477. The molecule has 0 saturated heterocycles. The monoisotopic (exact) mass is 292 g/mol. The van der Waals surface area contributed by atoms with Gasteiger partial charge in [-0.15, -0.1) is 0 Å². The Morgan fingerprint density at radius 2 is 2.10 bits per heavy atom. The molecular weight excluding hydrogens is 272 g/mol. The normalized spacial score (nSPS) is 16.6. The summed E-state index contributed by atoms with van der Waals surface area (Å²) in [7, 11) is 0. The maximum atomic E-state index is 11.3. The van der Waals surface area contributed by atoms with Crippen LogP contribution in [0.5, 0.6) is 0 Å². The van der Waals surface area contributed by atoms with Crippen LogP contribution < -0.4 is 5.32 Å². The van der Waals surface area contributed by atoms with E-state index in [1.54, 1.807) is 0 Å². The zero-order valence-corrected chi connectivity index (χ0v) is 12.1. The van der Waals surface area contributed by atoms with Crippen LogP contribution in [0.15, 0.2) is 18.2 Å². The zero-order chi connectivity index (χ0) is 15.5. The summed E-state index contributed by atoms with van der Waals surface area (Å²) in [6.07, 6.45) is 5.76. The van der Waals surface area contributed by atoms with Crippen LogP contribution in [-0.2, 0) is 0 Å². The Hall–Kier alpha value is -2.11. The molecule has 1 aromatic carbocycles. The predicted octanol–water partition coefficient (Wildman–Crippen LogP) is 3.68. The van der Waals surface area contributed by atoms with Gasteiger partial charge in [0.25, 0.3) is 5.69 Å². The van der Waals surface area contributed by atoms with Gasteiger partial charge in [-0.3, -0.25) is 10.1 Å². The molecule has 0 heterocycles. The summed E-state index contributed by atoms with van der Waals surface area (Å²) in [5, 5.41) is 23.2. The zero-order valence-electron chi connectivity index (χ0n) is 12.1. The quantitative estimate of drug-likeness (QED) is 0.616. The number of hydrogen-bond donors (Lipinski definition) is 2. The first-order chi connectivity index (χ1) is 9.97. The van der Waals surface area contributed by atoms with Gasteiger partial charge in [0.2, 0.25) is 0 Å². The van der Waals surface area contributed by atoms with E-state index in [1.165, 1.54) is 25.0 Å². The smallest absolute Gasteiger partial charge is 0.338 e. The second-order valence-electron chi connectivity index (χ2n) is 5.71. The maximum absolute atomic E-state index is 11.3. The minimum atomic E-state index is -1.15. The van der Waals surface area contributed by atoms with Crippen LogP contribution in [0, 0.1) is 15.5 Å². The van der Waals surface area contributed by atoms with Crippen LogP contribution in [0.3, 0.4) is 0 Å². The van der Waals surface area contributed by atoms with Crippen molar-refractivity contribution < 1.29 is 14.8 Å². The van der Waals surface area contributed by atoms with E-state index in [1.807, 2.05) is 0 Å². The molecule has 6 heteroatoms. The first kappa shape index (κ1) is 15.3. The predicted molar refractivity (Wildman–Crippen MR) is 79.7 cm³/mol. The van der Waals surface area contributed by atoms with E-state index in [0.29, 0.717) is 12.2 Å². The summed E-state index contributed by atoms with van der Waals surface area (Å²) in [6.45, 7) is 2.86. The summed E-state index contributed by atoms with van der Waals surface area (Å²) < 4.78 is 0. The van der Waals surface area contributed by atoms with Crippen molar-refractivity contribution in [3.63, 3.8) is 0 Å². The number of nitrogens with one attached hydrogen (secondary N) is 1. The Bertz CT molecular complexity index is 551. The number of carbonyl (C=O) groups is 1. The lowest BCUT2D eigenvalue weighted by Crippen LogP contribution is -2.26. The van der Waals surface area contributed by atoms with Gasteiger partial charge in [0.15, 0.2) is 0 Å². The van der Waals surface area contributed by atoms with Gasteiger partial charge in [-0.25, -0.2) is 4.79 Å². The molecule has 6 nitrogen and oxygen atoms in total. The number of carboxylic acid groups (broad SMARTS) is 1. The van der Waals surface area contributed by atoms with E-state index in [4.69, 9.17) is 0 Å². The highest BCUT2D eigenvalue weighted by molar-refractivity contribution is 5.95. The SMILES string of the molecule is CCC1(CNc2ccc([N+](=O)[O-])cc2C(=O)O)CCCC1. The molecule has 114 valence electrons. The Balaban J connectivity index is 2.19. The summed E-state index contributed by atoms with van der Waals surface area (Å²) in [5.74, 6) is -1.15. The lowest BCUT2D eigenvalue weighted by molar-refractivity contribution is -0.384. The van der Waals surface area contributed by atoms with Crippen LogP contribution in [0.2, 0.25) is 0 Å².